The van der Waals surface area contributed by atoms with Gasteiger partial charge in [-0.05, 0) is 12.1 Å². The third-order valence-corrected chi connectivity index (χ3v) is 1.69. The van der Waals surface area contributed by atoms with Gasteiger partial charge in [0.15, 0.2) is 5.58 Å². The van der Waals surface area contributed by atoms with Gasteiger partial charge in [-0.1, -0.05) is 0 Å². The largest absolute Gasteiger partial charge is 0.497 e. The highest BCUT2D eigenvalue weighted by Gasteiger charge is 1.99. The van der Waals surface area contributed by atoms with Crippen LogP contribution in [0.1, 0.15) is 0 Å². The third-order valence-electron chi connectivity index (χ3n) is 1.69. The summed E-state index contributed by atoms with van der Waals surface area (Å²) in [5, 5.41) is 0. The van der Waals surface area contributed by atoms with Gasteiger partial charge in [0.05, 0.1) is 7.11 Å². The lowest BCUT2D eigenvalue weighted by atomic mass is 10.3. The van der Waals surface area contributed by atoms with Gasteiger partial charge in [0.2, 0.25) is 0 Å². The summed E-state index contributed by atoms with van der Waals surface area (Å²) in [6.07, 6.45) is 1.14. The minimum absolute atomic E-state index is 0.447. The van der Waals surface area contributed by atoms with Crippen LogP contribution in [0.2, 0.25) is 0 Å². The van der Waals surface area contributed by atoms with Gasteiger partial charge in [0.1, 0.15) is 17.5 Å². The monoisotopic (exact) mass is 177 g/mol. The molecule has 0 saturated carbocycles. The molecule has 0 atom stereocenters. The number of fused-ring (bicyclic) bond motifs is 1. The fourth-order valence-electron chi connectivity index (χ4n) is 1.07. The first-order chi connectivity index (χ1) is 6.29. The quantitative estimate of drug-likeness (QED) is 0.656. The van der Waals surface area contributed by atoms with E-state index in [9.17, 15) is 4.79 Å². The summed E-state index contributed by atoms with van der Waals surface area (Å²) in [5.74, 6) is 0.689. The Morgan fingerprint density at radius 2 is 2.31 bits per heavy atom. The second kappa shape index (κ2) is 2.90. The maximum absolute atomic E-state index is 10.8. The van der Waals surface area contributed by atoms with E-state index in [-0.39, 0.29) is 0 Å². The van der Waals surface area contributed by atoms with Crippen LogP contribution < -0.4 is 10.4 Å². The summed E-state index contributed by atoms with van der Waals surface area (Å²) in [6, 6.07) is 5.08. The van der Waals surface area contributed by atoms with Crippen molar-refractivity contribution in [2.45, 2.75) is 0 Å². The van der Waals surface area contributed by atoms with Crippen molar-refractivity contribution < 1.29 is 9.15 Å². The molecule has 0 bridgehead atoms. The van der Waals surface area contributed by atoms with E-state index in [2.05, 4.69) is 4.98 Å². The van der Waals surface area contributed by atoms with E-state index >= 15 is 0 Å². The first-order valence-corrected chi connectivity index (χ1v) is 3.73. The highest BCUT2D eigenvalue weighted by molar-refractivity contribution is 5.73. The van der Waals surface area contributed by atoms with Crippen LogP contribution in [0.5, 0.6) is 5.75 Å². The van der Waals surface area contributed by atoms with Crippen LogP contribution in [-0.4, -0.2) is 12.1 Å². The topological polar surface area (TPSA) is 52.3 Å². The van der Waals surface area contributed by atoms with Crippen molar-refractivity contribution in [1.82, 2.24) is 4.98 Å². The van der Waals surface area contributed by atoms with Crippen molar-refractivity contribution in [3.05, 3.63) is 34.8 Å². The van der Waals surface area contributed by atoms with Gasteiger partial charge < -0.3 is 9.15 Å². The second-order valence-electron chi connectivity index (χ2n) is 2.51. The Morgan fingerprint density at radius 1 is 1.46 bits per heavy atom. The van der Waals surface area contributed by atoms with Crippen LogP contribution in [-0.2, 0) is 0 Å². The van der Waals surface area contributed by atoms with Crippen molar-refractivity contribution in [2.75, 3.05) is 7.11 Å². The number of nitrogens with zero attached hydrogens (tertiary/aromatic N) is 1. The third kappa shape index (κ3) is 1.38. The number of hydrogen-bond acceptors (Lipinski definition) is 4. The van der Waals surface area contributed by atoms with Crippen molar-refractivity contribution in [3.63, 3.8) is 0 Å². The highest BCUT2D eigenvalue weighted by Crippen LogP contribution is 2.16. The number of ether oxygens (including phenoxy) is 1. The van der Waals surface area contributed by atoms with Gasteiger partial charge in [0, 0.05) is 6.07 Å². The zero-order chi connectivity index (χ0) is 9.26. The molecule has 0 fully saturated rings. The van der Waals surface area contributed by atoms with Crippen LogP contribution >= 0.6 is 0 Å². The van der Waals surface area contributed by atoms with E-state index < -0.39 is 5.63 Å². The molecule has 0 radical (unpaired) electrons. The first kappa shape index (κ1) is 7.79. The van der Waals surface area contributed by atoms with E-state index in [4.69, 9.17) is 9.15 Å². The van der Waals surface area contributed by atoms with E-state index in [1.807, 2.05) is 0 Å². The fraction of sp³-hybridized carbons (Fsp3) is 0.111. The summed E-state index contributed by atoms with van der Waals surface area (Å²) in [6.45, 7) is 0. The molecule has 1 heterocycles. The summed E-state index contributed by atoms with van der Waals surface area (Å²) in [4.78, 5) is 14.7. The number of benzene rings is 1. The molecular weight excluding hydrogens is 170 g/mol. The fourth-order valence-corrected chi connectivity index (χ4v) is 1.07. The summed E-state index contributed by atoms with van der Waals surface area (Å²) < 4.78 is 9.88. The lowest BCUT2D eigenvalue weighted by molar-refractivity contribution is 0.415. The maximum atomic E-state index is 10.8. The normalized spacial score (nSPS) is 10.2. The van der Waals surface area contributed by atoms with Crippen LogP contribution in [0.4, 0.5) is 0 Å². The molecule has 2 rings (SSSR count). The molecule has 0 N–H and O–H groups in total. The maximum Gasteiger partial charge on any atom is 0.354 e. The SMILES string of the molecule is COc1ccc2oc(=O)cnc2c1. The Bertz CT molecular complexity index is 489. The Hall–Kier alpha value is -1.84. The summed E-state index contributed by atoms with van der Waals surface area (Å²) in [7, 11) is 1.57. The molecule has 1 aromatic heterocycles. The van der Waals surface area contributed by atoms with Crippen LogP contribution in [0.15, 0.2) is 33.6 Å². The Labute approximate surface area is 73.8 Å². The average molecular weight is 177 g/mol. The molecule has 1 aromatic carbocycles. The first-order valence-electron chi connectivity index (χ1n) is 3.73. The minimum Gasteiger partial charge on any atom is -0.497 e. The number of hydrogen-bond donors (Lipinski definition) is 0. The molecule has 0 amide bonds. The van der Waals surface area contributed by atoms with E-state index in [1.54, 1.807) is 25.3 Å². The molecule has 0 aliphatic heterocycles. The van der Waals surface area contributed by atoms with Gasteiger partial charge in [-0.15, -0.1) is 0 Å². The zero-order valence-corrected chi connectivity index (χ0v) is 6.98. The molecular formula is C9H7NO3. The molecule has 13 heavy (non-hydrogen) atoms. The molecule has 4 nitrogen and oxygen atoms in total. The molecule has 66 valence electrons. The van der Waals surface area contributed by atoms with Crippen molar-refractivity contribution >= 4 is 11.1 Å². The van der Waals surface area contributed by atoms with Crippen molar-refractivity contribution in [3.8, 4) is 5.75 Å². The van der Waals surface area contributed by atoms with Crippen LogP contribution in [0.3, 0.4) is 0 Å². The predicted octanol–water partition coefficient (Wildman–Crippen LogP) is 1.20. The Balaban J connectivity index is 2.73. The molecule has 0 spiro atoms. The van der Waals surface area contributed by atoms with E-state index in [1.165, 1.54) is 0 Å². The van der Waals surface area contributed by atoms with Crippen LogP contribution in [0, 0.1) is 0 Å². The molecule has 0 saturated heterocycles. The Morgan fingerprint density at radius 3 is 3.08 bits per heavy atom. The lowest BCUT2D eigenvalue weighted by Crippen LogP contribution is -1.97. The standard InChI is InChI=1S/C9H7NO3/c1-12-6-2-3-8-7(4-6)10-5-9(11)13-8/h2-5H,1H3. The molecule has 2 aromatic rings. The zero-order valence-electron chi connectivity index (χ0n) is 6.98. The molecule has 0 unspecified atom stereocenters. The molecule has 4 heteroatoms. The van der Waals surface area contributed by atoms with Gasteiger partial charge >= 0.3 is 5.63 Å². The lowest BCUT2D eigenvalue weighted by Gasteiger charge is -1.99. The smallest absolute Gasteiger partial charge is 0.354 e. The van der Waals surface area contributed by atoms with Crippen molar-refractivity contribution in [1.29, 1.82) is 0 Å². The van der Waals surface area contributed by atoms with E-state index in [0.717, 1.165) is 6.20 Å². The minimum atomic E-state index is -0.447. The van der Waals surface area contributed by atoms with Crippen LogP contribution in [0.25, 0.3) is 11.1 Å². The predicted molar refractivity (Wildman–Crippen MR) is 46.8 cm³/mol. The number of aromatic nitrogens is 1. The van der Waals surface area contributed by atoms with E-state index in [0.29, 0.717) is 16.8 Å². The van der Waals surface area contributed by atoms with Crippen molar-refractivity contribution in [2.24, 2.45) is 0 Å². The number of rotatable bonds is 1. The summed E-state index contributed by atoms with van der Waals surface area (Å²) in [5.41, 5.74) is 0.630. The molecule has 0 aliphatic rings. The van der Waals surface area contributed by atoms with Gasteiger partial charge in [-0.25, -0.2) is 9.78 Å². The van der Waals surface area contributed by atoms with Gasteiger partial charge in [-0.2, -0.15) is 0 Å². The number of methoxy groups -OCH3 is 1. The second-order valence-corrected chi connectivity index (χ2v) is 2.51. The van der Waals surface area contributed by atoms with Gasteiger partial charge in [-0.3, -0.25) is 0 Å². The molecule has 0 aliphatic carbocycles. The summed E-state index contributed by atoms with van der Waals surface area (Å²) >= 11 is 0. The highest BCUT2D eigenvalue weighted by atomic mass is 16.5. The Kier molecular flexibility index (Phi) is 1.73. The van der Waals surface area contributed by atoms with Gasteiger partial charge in [0.25, 0.3) is 0 Å². The average Bonchev–Trinajstić information content (AvgIpc) is 2.17.